The summed E-state index contributed by atoms with van der Waals surface area (Å²) in [6.07, 6.45) is 2.66. The maximum absolute atomic E-state index is 12.4. The lowest BCUT2D eigenvalue weighted by atomic mass is 9.95. The third-order valence-electron chi connectivity index (χ3n) is 4.07. The van der Waals surface area contributed by atoms with Crippen LogP contribution in [0.4, 0.5) is 5.69 Å². The number of hydrogen-bond acceptors (Lipinski definition) is 3. The molecule has 0 spiro atoms. The summed E-state index contributed by atoms with van der Waals surface area (Å²) in [6, 6.07) is 8.25. The summed E-state index contributed by atoms with van der Waals surface area (Å²) in [4.78, 5) is 26.3. The van der Waals surface area contributed by atoms with Gasteiger partial charge in [0.25, 0.3) is 5.91 Å². The summed E-state index contributed by atoms with van der Waals surface area (Å²) in [5, 5.41) is 3.77. The fraction of sp³-hybridized carbons (Fsp3) is 0.294. The minimum absolute atomic E-state index is 0.107. The zero-order valence-corrected chi connectivity index (χ0v) is 14.3. The summed E-state index contributed by atoms with van der Waals surface area (Å²) < 4.78 is 5.13. The van der Waals surface area contributed by atoms with Crippen LogP contribution >= 0.6 is 23.2 Å². The van der Waals surface area contributed by atoms with Gasteiger partial charge in [-0.1, -0.05) is 23.2 Å². The second-order valence-corrected chi connectivity index (χ2v) is 6.50. The van der Waals surface area contributed by atoms with Gasteiger partial charge in [-0.2, -0.15) is 0 Å². The summed E-state index contributed by atoms with van der Waals surface area (Å²) in [5.74, 6) is -0.0923. The van der Waals surface area contributed by atoms with Crippen LogP contribution in [0.15, 0.2) is 41.0 Å². The third kappa shape index (κ3) is 3.74. The van der Waals surface area contributed by atoms with E-state index in [0.29, 0.717) is 47.4 Å². The van der Waals surface area contributed by atoms with Crippen LogP contribution in [0.2, 0.25) is 10.0 Å². The molecule has 0 unspecified atom stereocenters. The molecule has 0 aliphatic carbocycles. The molecule has 2 heterocycles. The lowest BCUT2D eigenvalue weighted by molar-refractivity contribution is -0.121. The molecular formula is C17H16Cl2N2O3. The van der Waals surface area contributed by atoms with Gasteiger partial charge in [0.2, 0.25) is 5.91 Å². The Morgan fingerprint density at radius 2 is 1.92 bits per heavy atom. The molecule has 7 heteroatoms. The van der Waals surface area contributed by atoms with Crippen LogP contribution in [0, 0.1) is 5.92 Å². The molecule has 1 aromatic carbocycles. The molecule has 2 aromatic rings. The summed E-state index contributed by atoms with van der Waals surface area (Å²) in [6.45, 7) is 1.03. The molecule has 1 aliphatic rings. The number of anilines is 1. The van der Waals surface area contributed by atoms with Crippen molar-refractivity contribution in [3.05, 3.63) is 52.4 Å². The van der Waals surface area contributed by atoms with Gasteiger partial charge in [-0.3, -0.25) is 9.59 Å². The van der Waals surface area contributed by atoms with Crippen LogP contribution in [0.25, 0.3) is 0 Å². The van der Waals surface area contributed by atoms with E-state index in [2.05, 4.69) is 5.32 Å². The molecule has 3 rings (SSSR count). The zero-order valence-electron chi connectivity index (χ0n) is 12.8. The molecule has 1 N–H and O–H groups in total. The highest BCUT2D eigenvalue weighted by Gasteiger charge is 2.29. The molecule has 0 atom stereocenters. The molecule has 1 saturated heterocycles. The Balaban J connectivity index is 1.57. The predicted octanol–water partition coefficient (Wildman–Crippen LogP) is 4.08. The van der Waals surface area contributed by atoms with E-state index in [4.69, 9.17) is 27.6 Å². The molecule has 0 saturated carbocycles. The first-order chi connectivity index (χ1) is 11.5. The first-order valence-corrected chi connectivity index (χ1v) is 8.39. The van der Waals surface area contributed by atoms with Crippen LogP contribution in [0.1, 0.15) is 23.4 Å². The summed E-state index contributed by atoms with van der Waals surface area (Å²) in [5.41, 5.74) is 0.503. The molecular weight excluding hydrogens is 351 g/mol. The van der Waals surface area contributed by atoms with Crippen LogP contribution in [0.5, 0.6) is 0 Å². The van der Waals surface area contributed by atoms with Gasteiger partial charge in [0, 0.05) is 24.0 Å². The highest BCUT2D eigenvalue weighted by Crippen LogP contribution is 2.27. The maximum atomic E-state index is 12.4. The van der Waals surface area contributed by atoms with Gasteiger partial charge in [-0.25, -0.2) is 0 Å². The van der Waals surface area contributed by atoms with Crippen molar-refractivity contribution in [2.75, 3.05) is 18.4 Å². The fourth-order valence-corrected chi connectivity index (χ4v) is 3.07. The molecule has 1 aromatic heterocycles. The number of rotatable bonds is 3. The number of carbonyl (C=O) groups excluding carboxylic acids is 2. The lowest BCUT2D eigenvalue weighted by Gasteiger charge is -2.30. The highest BCUT2D eigenvalue weighted by atomic mass is 35.5. The normalized spacial score (nSPS) is 15.3. The minimum Gasteiger partial charge on any atom is -0.459 e. The molecule has 5 nitrogen and oxygen atoms in total. The van der Waals surface area contributed by atoms with E-state index in [1.165, 1.54) is 6.26 Å². The number of hydrogen-bond donors (Lipinski definition) is 1. The third-order valence-corrected chi connectivity index (χ3v) is 4.64. The molecule has 24 heavy (non-hydrogen) atoms. The van der Waals surface area contributed by atoms with Gasteiger partial charge in [-0.15, -0.1) is 0 Å². The minimum atomic E-state index is -0.166. The molecule has 1 aliphatic heterocycles. The number of halogens is 2. The Labute approximate surface area is 149 Å². The Morgan fingerprint density at radius 3 is 2.58 bits per heavy atom. The highest BCUT2D eigenvalue weighted by molar-refractivity contribution is 6.35. The van der Waals surface area contributed by atoms with Gasteiger partial charge in [0.15, 0.2) is 5.76 Å². The van der Waals surface area contributed by atoms with E-state index in [0.717, 1.165) is 0 Å². The van der Waals surface area contributed by atoms with Gasteiger partial charge in [0.05, 0.1) is 17.0 Å². The molecule has 0 bridgehead atoms. The standard InChI is InChI=1S/C17H16Cl2N2O3/c18-12-3-4-13(19)14(10-12)20-16(22)11-5-7-21(8-6-11)17(23)15-2-1-9-24-15/h1-4,9-11H,5-8H2,(H,20,22). The van der Waals surface area contributed by atoms with Crippen molar-refractivity contribution in [2.45, 2.75) is 12.8 Å². The van der Waals surface area contributed by atoms with E-state index in [9.17, 15) is 9.59 Å². The van der Waals surface area contributed by atoms with Crippen molar-refractivity contribution >= 4 is 40.7 Å². The Morgan fingerprint density at radius 1 is 1.17 bits per heavy atom. The smallest absolute Gasteiger partial charge is 0.289 e. The van der Waals surface area contributed by atoms with Crippen molar-refractivity contribution in [1.29, 1.82) is 0 Å². The number of piperidine rings is 1. The zero-order chi connectivity index (χ0) is 17.1. The second-order valence-electron chi connectivity index (χ2n) is 5.66. The lowest BCUT2D eigenvalue weighted by Crippen LogP contribution is -2.41. The van der Waals surface area contributed by atoms with Gasteiger partial charge >= 0.3 is 0 Å². The molecule has 0 radical (unpaired) electrons. The Bertz CT molecular complexity index is 738. The number of nitrogens with zero attached hydrogens (tertiary/aromatic N) is 1. The van der Waals surface area contributed by atoms with Crippen molar-refractivity contribution in [1.82, 2.24) is 4.90 Å². The van der Waals surface area contributed by atoms with Crippen molar-refractivity contribution in [2.24, 2.45) is 5.92 Å². The van der Waals surface area contributed by atoms with E-state index in [1.54, 1.807) is 35.2 Å². The molecule has 1 fully saturated rings. The molecule has 2 amide bonds. The van der Waals surface area contributed by atoms with Gasteiger partial charge in [0.1, 0.15) is 0 Å². The number of carbonyl (C=O) groups is 2. The number of nitrogens with one attached hydrogen (secondary N) is 1. The Hall–Kier alpha value is -1.98. The Kier molecular flexibility index (Phi) is 5.11. The maximum Gasteiger partial charge on any atom is 0.289 e. The van der Waals surface area contributed by atoms with Gasteiger partial charge < -0.3 is 14.6 Å². The number of likely N-dealkylation sites (tertiary alicyclic amines) is 1. The van der Waals surface area contributed by atoms with E-state index in [1.807, 2.05) is 0 Å². The van der Waals surface area contributed by atoms with Crippen molar-refractivity contribution < 1.29 is 14.0 Å². The average molecular weight is 367 g/mol. The summed E-state index contributed by atoms with van der Waals surface area (Å²) in [7, 11) is 0. The van der Waals surface area contributed by atoms with Crippen molar-refractivity contribution in [3.8, 4) is 0 Å². The number of benzene rings is 1. The predicted molar refractivity (Wildman–Crippen MR) is 92.4 cm³/mol. The van der Waals surface area contributed by atoms with E-state index < -0.39 is 0 Å². The molecule has 126 valence electrons. The fourth-order valence-electron chi connectivity index (χ4n) is 2.73. The average Bonchev–Trinajstić information content (AvgIpc) is 3.12. The first-order valence-electron chi connectivity index (χ1n) is 7.63. The van der Waals surface area contributed by atoms with Crippen molar-refractivity contribution in [3.63, 3.8) is 0 Å². The first kappa shape index (κ1) is 16.9. The van der Waals surface area contributed by atoms with E-state index >= 15 is 0 Å². The number of amides is 2. The SMILES string of the molecule is O=C(Nc1cc(Cl)ccc1Cl)C1CCN(C(=O)c2ccco2)CC1. The van der Waals surface area contributed by atoms with Gasteiger partial charge in [-0.05, 0) is 43.2 Å². The van der Waals surface area contributed by atoms with Crippen LogP contribution in [-0.2, 0) is 4.79 Å². The quantitative estimate of drug-likeness (QED) is 0.889. The van der Waals surface area contributed by atoms with E-state index in [-0.39, 0.29) is 17.7 Å². The second kappa shape index (κ2) is 7.28. The van der Waals surface area contributed by atoms with Crippen LogP contribution in [0.3, 0.4) is 0 Å². The van der Waals surface area contributed by atoms with Crippen LogP contribution < -0.4 is 5.32 Å². The number of furan rings is 1. The summed E-state index contributed by atoms with van der Waals surface area (Å²) >= 11 is 12.0. The monoisotopic (exact) mass is 366 g/mol. The topological polar surface area (TPSA) is 62.6 Å². The largest absolute Gasteiger partial charge is 0.459 e. The van der Waals surface area contributed by atoms with Crippen LogP contribution in [-0.4, -0.2) is 29.8 Å².